The Morgan fingerprint density at radius 3 is 2.00 bits per heavy atom. The van der Waals surface area contributed by atoms with Crippen molar-refractivity contribution >= 4 is 42.9 Å². The highest BCUT2D eigenvalue weighted by atomic mass is 35.5. The maximum Gasteiger partial charge on any atom is 0.0555 e. The Hall–Kier alpha value is -0.230. The Bertz CT molecular complexity index is 324. The molecule has 0 aliphatic carbocycles. The van der Waals surface area contributed by atoms with Crippen LogP contribution in [-0.2, 0) is 6.54 Å². The Kier molecular flexibility index (Phi) is 19.8. The van der Waals surface area contributed by atoms with Crippen LogP contribution in [0.25, 0.3) is 0 Å². The van der Waals surface area contributed by atoms with Crippen LogP contribution in [0.3, 0.4) is 0 Å². The lowest BCUT2D eigenvalue weighted by molar-refractivity contribution is 0.292. The van der Waals surface area contributed by atoms with Gasteiger partial charge in [0.05, 0.1) is 6.61 Å². The van der Waals surface area contributed by atoms with Crippen molar-refractivity contribution in [1.29, 1.82) is 0 Å². The van der Waals surface area contributed by atoms with Crippen LogP contribution in [0.5, 0.6) is 0 Å². The lowest BCUT2D eigenvalue weighted by Gasteiger charge is -2.13. The number of nitrogens with zero attached hydrogens (tertiary/aromatic N) is 1. The highest BCUT2D eigenvalue weighted by Gasteiger charge is 1.96. The molecule has 4 nitrogen and oxygen atoms in total. The number of anilines is 1. The molecule has 0 saturated carbocycles. The highest BCUT2D eigenvalue weighted by Crippen LogP contribution is 2.11. The molecule has 21 heavy (non-hydrogen) atoms. The second-order valence-electron chi connectivity index (χ2n) is 4.56. The van der Waals surface area contributed by atoms with Crippen LogP contribution < -0.4 is 15.5 Å². The first-order valence-corrected chi connectivity index (χ1v) is 6.52. The van der Waals surface area contributed by atoms with Crippen molar-refractivity contribution in [1.82, 2.24) is 10.6 Å². The number of nitrogens with one attached hydrogen (secondary N) is 2. The third-order valence-corrected chi connectivity index (χ3v) is 2.78. The van der Waals surface area contributed by atoms with E-state index in [1.807, 2.05) is 14.1 Å². The number of aliphatic hydroxyl groups is 1. The molecule has 0 heterocycles. The van der Waals surface area contributed by atoms with Gasteiger partial charge in [-0.05, 0) is 37.2 Å². The molecule has 1 aromatic carbocycles. The zero-order valence-corrected chi connectivity index (χ0v) is 15.1. The monoisotopic (exact) mass is 359 g/mol. The van der Waals surface area contributed by atoms with Crippen molar-refractivity contribution < 1.29 is 5.11 Å². The normalized spacial score (nSPS) is 9.10. The summed E-state index contributed by atoms with van der Waals surface area (Å²) < 4.78 is 0. The van der Waals surface area contributed by atoms with Crippen molar-refractivity contribution in [2.75, 3.05) is 45.2 Å². The predicted molar refractivity (Wildman–Crippen MR) is 98.8 cm³/mol. The molecule has 0 fully saturated rings. The van der Waals surface area contributed by atoms with E-state index < -0.39 is 0 Å². The summed E-state index contributed by atoms with van der Waals surface area (Å²) in [4.78, 5) is 2.10. The Morgan fingerprint density at radius 2 is 1.48 bits per heavy atom. The van der Waals surface area contributed by atoms with Gasteiger partial charge in [-0.2, -0.15) is 0 Å². The van der Waals surface area contributed by atoms with E-state index in [0.717, 1.165) is 26.1 Å². The van der Waals surface area contributed by atoms with Crippen molar-refractivity contribution in [3.8, 4) is 0 Å². The molecule has 1 aromatic rings. The summed E-state index contributed by atoms with van der Waals surface area (Å²) in [5, 5.41) is 15.2. The third-order valence-electron chi connectivity index (χ3n) is 2.78. The summed E-state index contributed by atoms with van der Waals surface area (Å²) in [7, 11) is 4.10. The fraction of sp³-hybridized carbons (Fsp3) is 0.571. The van der Waals surface area contributed by atoms with Crippen molar-refractivity contribution in [3.63, 3.8) is 0 Å². The number of aliphatic hydroxyl groups excluding tert-OH is 1. The van der Waals surface area contributed by atoms with E-state index in [1.165, 1.54) is 11.3 Å². The van der Waals surface area contributed by atoms with Crippen LogP contribution in [0.15, 0.2) is 24.3 Å². The van der Waals surface area contributed by atoms with E-state index >= 15 is 0 Å². The Labute approximate surface area is 146 Å². The molecular formula is C14H28Cl3N3O. The minimum absolute atomic E-state index is 0. The van der Waals surface area contributed by atoms with Crippen LogP contribution >= 0.6 is 37.2 Å². The number of halogens is 3. The topological polar surface area (TPSA) is 47.5 Å². The van der Waals surface area contributed by atoms with E-state index in [1.54, 1.807) is 0 Å². The highest BCUT2D eigenvalue weighted by molar-refractivity contribution is 5.86. The van der Waals surface area contributed by atoms with Gasteiger partial charge in [0, 0.05) is 32.9 Å². The van der Waals surface area contributed by atoms with E-state index in [9.17, 15) is 0 Å². The maximum absolute atomic E-state index is 8.60. The summed E-state index contributed by atoms with van der Waals surface area (Å²) in [5.41, 5.74) is 2.54. The van der Waals surface area contributed by atoms with E-state index in [2.05, 4.69) is 39.8 Å². The maximum atomic E-state index is 8.60. The molecule has 7 heteroatoms. The van der Waals surface area contributed by atoms with Crippen LogP contribution in [-0.4, -0.2) is 45.4 Å². The summed E-state index contributed by atoms with van der Waals surface area (Å²) in [6.45, 7) is 3.76. The van der Waals surface area contributed by atoms with Crippen LogP contribution in [0.1, 0.15) is 12.0 Å². The van der Waals surface area contributed by atoms with E-state index in [-0.39, 0.29) is 43.8 Å². The van der Waals surface area contributed by atoms with Gasteiger partial charge in [0.2, 0.25) is 0 Å². The molecule has 0 spiro atoms. The Balaban J connectivity index is -0.00000108. The number of hydrogen-bond donors (Lipinski definition) is 3. The third kappa shape index (κ3) is 12.0. The van der Waals surface area contributed by atoms with Gasteiger partial charge in [-0.15, -0.1) is 37.2 Å². The Morgan fingerprint density at radius 1 is 0.905 bits per heavy atom. The molecule has 0 unspecified atom stereocenters. The van der Waals surface area contributed by atoms with Crippen molar-refractivity contribution in [2.24, 2.45) is 0 Å². The summed E-state index contributed by atoms with van der Waals surface area (Å²) in [6.07, 6.45) is 1.08. The van der Waals surface area contributed by atoms with Gasteiger partial charge in [-0.3, -0.25) is 0 Å². The molecule has 0 amide bonds. The summed E-state index contributed by atoms with van der Waals surface area (Å²) >= 11 is 0. The summed E-state index contributed by atoms with van der Waals surface area (Å²) in [5.74, 6) is 0. The van der Waals surface area contributed by atoms with Crippen LogP contribution in [0.2, 0.25) is 0 Å². The molecule has 0 aromatic heterocycles. The lowest BCUT2D eigenvalue weighted by atomic mass is 10.2. The van der Waals surface area contributed by atoms with Gasteiger partial charge in [-0.1, -0.05) is 12.1 Å². The largest absolute Gasteiger partial charge is 0.395 e. The summed E-state index contributed by atoms with van der Waals surface area (Å²) in [6, 6.07) is 8.60. The second kappa shape index (κ2) is 16.1. The first-order chi connectivity index (χ1) is 8.74. The van der Waals surface area contributed by atoms with Gasteiger partial charge < -0.3 is 20.6 Å². The first-order valence-electron chi connectivity index (χ1n) is 6.52. The molecule has 0 radical (unpaired) electrons. The van der Waals surface area contributed by atoms with Crippen LogP contribution in [0.4, 0.5) is 5.69 Å². The second-order valence-corrected chi connectivity index (χ2v) is 4.56. The average molecular weight is 361 g/mol. The molecule has 0 atom stereocenters. The van der Waals surface area contributed by atoms with Crippen molar-refractivity contribution in [3.05, 3.63) is 29.8 Å². The molecular weight excluding hydrogens is 333 g/mol. The molecule has 0 saturated heterocycles. The predicted octanol–water partition coefficient (Wildman–Crippen LogP) is 2.08. The number of hydrogen-bond acceptors (Lipinski definition) is 4. The molecule has 0 aliphatic rings. The molecule has 0 aliphatic heterocycles. The number of rotatable bonds is 9. The fourth-order valence-corrected chi connectivity index (χ4v) is 1.69. The van der Waals surface area contributed by atoms with E-state index in [4.69, 9.17) is 5.11 Å². The molecule has 0 bridgehead atoms. The quantitative estimate of drug-likeness (QED) is 0.590. The van der Waals surface area contributed by atoms with Gasteiger partial charge in [0.15, 0.2) is 0 Å². The van der Waals surface area contributed by atoms with Gasteiger partial charge in [0.25, 0.3) is 0 Å². The standard InChI is InChI=1S/C14H25N3O.3ClH/c1-17(2)14-6-4-13(5-7-14)12-16-9-3-8-15-10-11-18;;;/h4-7,15-16,18H,3,8-12H2,1-2H3;3*1H. The minimum atomic E-state index is 0. The molecule has 1 rings (SSSR count). The van der Waals surface area contributed by atoms with Crippen LogP contribution in [0, 0.1) is 0 Å². The van der Waals surface area contributed by atoms with Gasteiger partial charge >= 0.3 is 0 Å². The van der Waals surface area contributed by atoms with Gasteiger partial charge in [0.1, 0.15) is 0 Å². The SMILES string of the molecule is CN(C)c1ccc(CNCCCNCCO)cc1.Cl.Cl.Cl. The van der Waals surface area contributed by atoms with Gasteiger partial charge in [-0.25, -0.2) is 0 Å². The van der Waals surface area contributed by atoms with Crippen molar-refractivity contribution in [2.45, 2.75) is 13.0 Å². The first kappa shape index (κ1) is 25.7. The zero-order valence-electron chi connectivity index (χ0n) is 12.7. The smallest absolute Gasteiger partial charge is 0.0555 e. The number of benzene rings is 1. The molecule has 126 valence electrons. The average Bonchev–Trinajstić information content (AvgIpc) is 2.38. The zero-order chi connectivity index (χ0) is 13.2. The van der Waals surface area contributed by atoms with E-state index in [0.29, 0.717) is 6.54 Å². The fourth-order valence-electron chi connectivity index (χ4n) is 1.69. The minimum Gasteiger partial charge on any atom is -0.395 e. The molecule has 3 N–H and O–H groups in total. The lowest BCUT2D eigenvalue weighted by Crippen LogP contribution is -2.23.